The summed E-state index contributed by atoms with van der Waals surface area (Å²) in [6.45, 7) is 10.1. The maximum atomic E-state index is 11.7. The highest BCUT2D eigenvalue weighted by Gasteiger charge is 2.17. The molecule has 4 nitrogen and oxygen atoms in total. The Morgan fingerprint density at radius 2 is 2.11 bits per heavy atom. The smallest absolute Gasteiger partial charge is 0.335 e. The molecule has 27 heavy (non-hydrogen) atoms. The normalized spacial score (nSPS) is 15.1. The molecular weight excluding hydrogens is 356 g/mol. The third-order valence-electron chi connectivity index (χ3n) is 4.22. The van der Waals surface area contributed by atoms with Gasteiger partial charge in [0, 0.05) is 12.1 Å². The van der Waals surface area contributed by atoms with E-state index in [1.807, 2.05) is 45.1 Å². The van der Waals surface area contributed by atoms with Crippen molar-refractivity contribution in [2.24, 2.45) is 0 Å². The third-order valence-corrected chi connectivity index (χ3v) is 4.48. The van der Waals surface area contributed by atoms with E-state index in [2.05, 4.69) is 6.58 Å². The fraction of sp³-hybridized carbons (Fsp3) is 0.318. The number of carboxylic acids is 1. The van der Waals surface area contributed by atoms with Crippen molar-refractivity contribution in [2.45, 2.75) is 40.0 Å². The van der Waals surface area contributed by atoms with E-state index in [1.165, 1.54) is 5.49 Å². The van der Waals surface area contributed by atoms with Crippen LogP contribution in [-0.2, 0) is 4.79 Å². The highest BCUT2D eigenvalue weighted by Crippen LogP contribution is 2.25. The molecular formula is C22H28N2O2S. The van der Waals surface area contributed by atoms with Crippen LogP contribution < -0.4 is 0 Å². The van der Waals surface area contributed by atoms with Crippen molar-refractivity contribution >= 4 is 29.5 Å². The van der Waals surface area contributed by atoms with Crippen molar-refractivity contribution in [2.75, 3.05) is 6.54 Å². The van der Waals surface area contributed by atoms with E-state index >= 15 is 0 Å². The molecule has 2 N–H and O–H groups in total. The van der Waals surface area contributed by atoms with E-state index in [4.69, 9.17) is 17.6 Å². The minimum absolute atomic E-state index is 0.273. The molecule has 0 aliphatic heterocycles. The summed E-state index contributed by atoms with van der Waals surface area (Å²) in [4.78, 5) is 13.3. The van der Waals surface area contributed by atoms with Crippen molar-refractivity contribution in [3.63, 3.8) is 0 Å². The standard InChI is InChI=1S/C22H28N2O2S/c1-5-7-8-9-18(6-2)21(23)24(15-27)11-10-19-13-16(3)12-17(4)14-20(19)22(25)26/h5-7,9,12,14-15,23H,2,8,10-11,13H2,1,3-4H3,(H,25,26)/b7-5?,18-9+,23-21?. The van der Waals surface area contributed by atoms with Gasteiger partial charge in [0.05, 0.1) is 11.1 Å². The number of nitrogens with one attached hydrogen (secondary N) is 1. The van der Waals surface area contributed by atoms with Crippen LogP contribution in [0.5, 0.6) is 0 Å². The molecule has 0 aromatic carbocycles. The number of thiocarbonyl (C=S) groups is 1. The lowest BCUT2D eigenvalue weighted by Gasteiger charge is -2.22. The Morgan fingerprint density at radius 3 is 2.67 bits per heavy atom. The second-order valence-corrected chi connectivity index (χ2v) is 6.65. The zero-order chi connectivity index (χ0) is 20.4. The van der Waals surface area contributed by atoms with Gasteiger partial charge in [-0.15, -0.1) is 0 Å². The summed E-state index contributed by atoms with van der Waals surface area (Å²) in [5.74, 6) is -0.649. The molecule has 5 heteroatoms. The first-order valence-corrected chi connectivity index (χ1v) is 9.36. The van der Waals surface area contributed by atoms with E-state index in [9.17, 15) is 9.90 Å². The number of nitrogens with zero attached hydrogens (tertiary/aromatic N) is 1. The van der Waals surface area contributed by atoms with Crippen LogP contribution in [0.4, 0.5) is 0 Å². The van der Waals surface area contributed by atoms with Gasteiger partial charge in [-0.05, 0) is 51.7 Å². The summed E-state index contributed by atoms with van der Waals surface area (Å²) < 4.78 is 0. The Hall–Kier alpha value is -2.53. The molecule has 0 aromatic rings. The number of rotatable bonds is 9. The summed E-state index contributed by atoms with van der Waals surface area (Å²) in [5, 5.41) is 18.0. The minimum Gasteiger partial charge on any atom is -0.478 e. The molecule has 0 saturated carbocycles. The van der Waals surface area contributed by atoms with Gasteiger partial charge in [0.15, 0.2) is 0 Å². The molecule has 0 atom stereocenters. The van der Waals surface area contributed by atoms with Crippen molar-refractivity contribution in [1.82, 2.24) is 4.90 Å². The predicted molar refractivity (Wildman–Crippen MR) is 117 cm³/mol. The number of carboxylic acid groups (broad SMARTS) is 1. The van der Waals surface area contributed by atoms with Gasteiger partial charge in [0.25, 0.3) is 0 Å². The summed E-state index contributed by atoms with van der Waals surface area (Å²) >= 11 is 5.10. The van der Waals surface area contributed by atoms with Gasteiger partial charge in [0.2, 0.25) is 0 Å². The predicted octanol–water partition coefficient (Wildman–Crippen LogP) is 5.37. The van der Waals surface area contributed by atoms with Crippen molar-refractivity contribution in [1.29, 1.82) is 5.41 Å². The molecule has 1 rings (SSSR count). The molecule has 0 heterocycles. The van der Waals surface area contributed by atoms with E-state index < -0.39 is 5.97 Å². The second-order valence-electron chi connectivity index (χ2n) is 6.44. The third kappa shape index (κ3) is 6.94. The zero-order valence-electron chi connectivity index (χ0n) is 16.3. The SMILES string of the molecule is C=C/C(=C\CC=CC)C(=N)N(C=S)CCC1=C(C(=O)O)C=C(C)C=C(C)C1. The maximum absolute atomic E-state index is 11.7. The molecule has 144 valence electrons. The highest BCUT2D eigenvalue weighted by atomic mass is 32.1. The highest BCUT2D eigenvalue weighted by molar-refractivity contribution is 7.78. The van der Waals surface area contributed by atoms with Crippen molar-refractivity contribution < 1.29 is 9.90 Å². The topological polar surface area (TPSA) is 64.4 Å². The van der Waals surface area contributed by atoms with Crippen molar-refractivity contribution in [3.05, 3.63) is 70.9 Å². The Morgan fingerprint density at radius 1 is 1.41 bits per heavy atom. The van der Waals surface area contributed by atoms with Crippen LogP contribution in [-0.4, -0.2) is 33.8 Å². The van der Waals surface area contributed by atoms with Gasteiger partial charge >= 0.3 is 5.97 Å². The summed E-state index contributed by atoms with van der Waals surface area (Å²) in [7, 11) is 0. The molecule has 1 aliphatic carbocycles. The van der Waals surface area contributed by atoms with Gasteiger partial charge < -0.3 is 10.0 Å². The number of aliphatic carboxylic acids is 1. The average Bonchev–Trinajstić information content (AvgIpc) is 2.76. The van der Waals surface area contributed by atoms with E-state index in [1.54, 1.807) is 17.1 Å². The lowest BCUT2D eigenvalue weighted by Crippen LogP contribution is -2.30. The van der Waals surface area contributed by atoms with E-state index in [0.29, 0.717) is 37.0 Å². The fourth-order valence-electron chi connectivity index (χ4n) is 2.93. The fourth-order valence-corrected chi connectivity index (χ4v) is 3.14. The lowest BCUT2D eigenvalue weighted by atomic mass is 9.99. The minimum atomic E-state index is -0.922. The van der Waals surface area contributed by atoms with E-state index in [0.717, 1.165) is 16.7 Å². The molecule has 0 saturated heterocycles. The van der Waals surface area contributed by atoms with Gasteiger partial charge in [-0.3, -0.25) is 5.41 Å². The maximum Gasteiger partial charge on any atom is 0.335 e. The number of allylic oxidation sites excluding steroid dienone is 6. The molecule has 0 bridgehead atoms. The van der Waals surface area contributed by atoms with Crippen molar-refractivity contribution in [3.8, 4) is 0 Å². The number of amidine groups is 1. The van der Waals surface area contributed by atoms with Gasteiger partial charge in [-0.1, -0.05) is 60.3 Å². The first-order valence-electron chi connectivity index (χ1n) is 8.89. The first kappa shape index (κ1) is 22.5. The number of hydrogen-bond acceptors (Lipinski definition) is 3. The van der Waals surface area contributed by atoms with Gasteiger partial charge in [0.1, 0.15) is 5.84 Å². The number of carbonyl (C=O) groups is 1. The zero-order valence-corrected chi connectivity index (χ0v) is 17.1. The van der Waals surface area contributed by atoms with Gasteiger partial charge in [-0.25, -0.2) is 4.79 Å². The summed E-state index contributed by atoms with van der Waals surface area (Å²) in [6.07, 6.45) is 13.1. The number of hydrogen-bond donors (Lipinski definition) is 2. The van der Waals surface area contributed by atoms with Crippen LogP contribution in [0.2, 0.25) is 0 Å². The van der Waals surface area contributed by atoms with Crippen LogP contribution >= 0.6 is 12.2 Å². The molecule has 0 amide bonds. The molecule has 0 fully saturated rings. The molecule has 0 unspecified atom stereocenters. The monoisotopic (exact) mass is 384 g/mol. The van der Waals surface area contributed by atoms with E-state index in [-0.39, 0.29) is 5.84 Å². The average molecular weight is 385 g/mol. The van der Waals surface area contributed by atoms with Crippen LogP contribution in [0.3, 0.4) is 0 Å². The van der Waals surface area contributed by atoms with Gasteiger partial charge in [-0.2, -0.15) is 0 Å². The Kier molecular flexibility index (Phi) is 9.37. The molecule has 1 aliphatic rings. The van der Waals surface area contributed by atoms with Crippen LogP contribution in [0.1, 0.15) is 40.0 Å². The molecule has 0 aromatic heterocycles. The quantitative estimate of drug-likeness (QED) is 0.184. The summed E-state index contributed by atoms with van der Waals surface area (Å²) in [5.41, 5.74) is 5.38. The largest absolute Gasteiger partial charge is 0.478 e. The Balaban J connectivity index is 3.01. The molecule has 0 spiro atoms. The Bertz CT molecular complexity index is 767. The van der Waals surface area contributed by atoms with Crippen LogP contribution in [0.15, 0.2) is 70.9 Å². The summed E-state index contributed by atoms with van der Waals surface area (Å²) in [6, 6.07) is 0. The van der Waals surface area contributed by atoms with Crippen LogP contribution in [0.25, 0.3) is 0 Å². The lowest BCUT2D eigenvalue weighted by molar-refractivity contribution is -0.132. The second kappa shape index (κ2) is 11.2. The first-order chi connectivity index (χ1) is 12.8. The Labute approximate surface area is 167 Å². The molecule has 0 radical (unpaired) electrons. The van der Waals surface area contributed by atoms with Crippen LogP contribution in [0, 0.1) is 5.41 Å².